The van der Waals surface area contributed by atoms with Crippen molar-refractivity contribution in [2.45, 2.75) is 10.7 Å². The van der Waals surface area contributed by atoms with E-state index in [2.05, 4.69) is 31.9 Å². The molecular formula is C13H11Br2NO. The number of benzene rings is 1. The SMILES string of the molecule is O=C(c1ccccc1)n1cc(CBr)c(CBr)c1. The molecule has 0 saturated carbocycles. The van der Waals surface area contributed by atoms with Crippen molar-refractivity contribution in [1.29, 1.82) is 0 Å². The molecule has 0 N–H and O–H groups in total. The van der Waals surface area contributed by atoms with Crippen LogP contribution < -0.4 is 0 Å². The molecule has 0 amide bonds. The molecule has 0 aliphatic carbocycles. The van der Waals surface area contributed by atoms with Crippen LogP contribution in [0.3, 0.4) is 0 Å². The Morgan fingerprint density at radius 1 is 1.00 bits per heavy atom. The summed E-state index contributed by atoms with van der Waals surface area (Å²) >= 11 is 6.84. The minimum Gasteiger partial charge on any atom is -0.290 e. The Hall–Kier alpha value is -0.870. The van der Waals surface area contributed by atoms with E-state index in [1.54, 1.807) is 4.57 Å². The summed E-state index contributed by atoms with van der Waals surface area (Å²) in [6, 6.07) is 9.29. The second kappa shape index (κ2) is 5.65. The molecule has 0 radical (unpaired) electrons. The molecule has 0 fully saturated rings. The van der Waals surface area contributed by atoms with Gasteiger partial charge in [-0.25, -0.2) is 0 Å². The van der Waals surface area contributed by atoms with Crippen LogP contribution in [0.2, 0.25) is 0 Å². The zero-order valence-electron chi connectivity index (χ0n) is 9.07. The standard InChI is InChI=1S/C13H11Br2NO/c14-6-11-8-16(9-12(11)7-15)13(17)10-4-2-1-3-5-10/h1-5,8-9H,6-7H2. The van der Waals surface area contributed by atoms with Gasteiger partial charge in [0.2, 0.25) is 0 Å². The molecule has 0 atom stereocenters. The molecule has 1 heterocycles. The highest BCUT2D eigenvalue weighted by Gasteiger charge is 2.11. The predicted molar refractivity (Wildman–Crippen MR) is 75.9 cm³/mol. The molecular weight excluding hydrogens is 346 g/mol. The lowest BCUT2D eigenvalue weighted by molar-refractivity contribution is 0.0960. The third kappa shape index (κ3) is 2.69. The van der Waals surface area contributed by atoms with Crippen molar-refractivity contribution in [1.82, 2.24) is 4.57 Å². The van der Waals surface area contributed by atoms with E-state index in [9.17, 15) is 4.79 Å². The first-order valence-corrected chi connectivity index (χ1v) is 7.42. The van der Waals surface area contributed by atoms with Crippen LogP contribution in [-0.4, -0.2) is 10.5 Å². The summed E-state index contributed by atoms with van der Waals surface area (Å²) in [5, 5.41) is 1.51. The van der Waals surface area contributed by atoms with Gasteiger partial charge in [-0.2, -0.15) is 0 Å². The summed E-state index contributed by atoms with van der Waals surface area (Å²) in [7, 11) is 0. The van der Waals surface area contributed by atoms with Gasteiger partial charge in [-0.1, -0.05) is 50.1 Å². The lowest BCUT2D eigenvalue weighted by atomic mass is 10.2. The van der Waals surface area contributed by atoms with E-state index in [0.717, 1.165) is 21.8 Å². The van der Waals surface area contributed by atoms with Crippen molar-refractivity contribution in [3.63, 3.8) is 0 Å². The minimum atomic E-state index is 0.000000000000000444. The average molecular weight is 357 g/mol. The molecule has 2 nitrogen and oxygen atoms in total. The number of rotatable bonds is 3. The lowest BCUT2D eigenvalue weighted by Gasteiger charge is -2.00. The van der Waals surface area contributed by atoms with E-state index in [4.69, 9.17) is 0 Å². The summed E-state index contributed by atoms with van der Waals surface area (Å²) < 4.78 is 1.64. The third-order valence-corrected chi connectivity index (χ3v) is 3.75. The molecule has 0 bridgehead atoms. The molecule has 0 aliphatic rings. The molecule has 1 aromatic heterocycles. The second-order valence-electron chi connectivity index (χ2n) is 3.65. The molecule has 0 unspecified atom stereocenters. The monoisotopic (exact) mass is 355 g/mol. The minimum absolute atomic E-state index is 0.000000000000000444. The molecule has 2 rings (SSSR count). The fourth-order valence-corrected chi connectivity index (χ4v) is 2.64. The Bertz CT molecular complexity index is 498. The smallest absolute Gasteiger partial charge is 0.261 e. The Morgan fingerprint density at radius 2 is 1.53 bits per heavy atom. The van der Waals surface area contributed by atoms with Crippen molar-refractivity contribution in [3.05, 3.63) is 59.4 Å². The molecule has 2 aromatic rings. The maximum Gasteiger partial charge on any atom is 0.261 e. The third-order valence-electron chi connectivity index (χ3n) is 2.55. The van der Waals surface area contributed by atoms with Crippen LogP contribution in [0, 0.1) is 0 Å². The maximum absolute atomic E-state index is 12.2. The van der Waals surface area contributed by atoms with Gasteiger partial charge in [-0.3, -0.25) is 9.36 Å². The normalized spacial score (nSPS) is 10.5. The van der Waals surface area contributed by atoms with Crippen LogP contribution in [0.4, 0.5) is 0 Å². The number of aromatic nitrogens is 1. The topological polar surface area (TPSA) is 22.0 Å². The molecule has 0 aliphatic heterocycles. The van der Waals surface area contributed by atoms with Gasteiger partial charge < -0.3 is 0 Å². The quantitative estimate of drug-likeness (QED) is 0.763. The zero-order valence-corrected chi connectivity index (χ0v) is 12.2. The Labute approximate surface area is 117 Å². The lowest BCUT2D eigenvalue weighted by Crippen LogP contribution is -2.09. The zero-order chi connectivity index (χ0) is 12.3. The fourth-order valence-electron chi connectivity index (χ4n) is 1.63. The predicted octanol–water partition coefficient (Wildman–Crippen LogP) is 3.97. The van der Waals surface area contributed by atoms with Gasteiger partial charge in [0.25, 0.3) is 5.91 Å². The highest BCUT2D eigenvalue weighted by atomic mass is 79.9. The van der Waals surface area contributed by atoms with Gasteiger partial charge in [0, 0.05) is 28.6 Å². The highest BCUT2D eigenvalue weighted by Crippen LogP contribution is 2.18. The average Bonchev–Trinajstić information content (AvgIpc) is 2.82. The number of carbonyl (C=O) groups excluding carboxylic acids is 1. The number of hydrogen-bond donors (Lipinski definition) is 0. The van der Waals surface area contributed by atoms with E-state index in [1.807, 2.05) is 42.7 Å². The van der Waals surface area contributed by atoms with Crippen LogP contribution in [0.25, 0.3) is 0 Å². The molecule has 88 valence electrons. The summed E-state index contributed by atoms with van der Waals surface area (Å²) in [6.07, 6.45) is 3.75. The van der Waals surface area contributed by atoms with Crippen molar-refractivity contribution in [2.75, 3.05) is 0 Å². The van der Waals surface area contributed by atoms with Gasteiger partial charge >= 0.3 is 0 Å². The first kappa shape index (κ1) is 12.6. The van der Waals surface area contributed by atoms with Crippen LogP contribution >= 0.6 is 31.9 Å². The number of nitrogens with zero attached hydrogens (tertiary/aromatic N) is 1. The number of hydrogen-bond acceptors (Lipinski definition) is 1. The Morgan fingerprint density at radius 3 is 2.00 bits per heavy atom. The van der Waals surface area contributed by atoms with Crippen LogP contribution in [0.5, 0.6) is 0 Å². The van der Waals surface area contributed by atoms with E-state index < -0.39 is 0 Å². The second-order valence-corrected chi connectivity index (χ2v) is 4.78. The maximum atomic E-state index is 12.2. The van der Waals surface area contributed by atoms with Gasteiger partial charge in [0.1, 0.15) is 0 Å². The first-order chi connectivity index (χ1) is 8.26. The Balaban J connectivity index is 2.35. The molecule has 0 saturated heterocycles. The summed E-state index contributed by atoms with van der Waals surface area (Å²) in [5.41, 5.74) is 2.96. The van der Waals surface area contributed by atoms with Crippen molar-refractivity contribution < 1.29 is 4.79 Å². The number of halogens is 2. The summed E-state index contributed by atoms with van der Waals surface area (Å²) in [5.74, 6) is 0.000000000000000444. The summed E-state index contributed by atoms with van der Waals surface area (Å²) in [6.45, 7) is 0. The largest absolute Gasteiger partial charge is 0.290 e. The van der Waals surface area contributed by atoms with E-state index >= 15 is 0 Å². The molecule has 1 aromatic carbocycles. The van der Waals surface area contributed by atoms with E-state index in [1.165, 1.54) is 0 Å². The number of carbonyl (C=O) groups is 1. The molecule has 17 heavy (non-hydrogen) atoms. The number of alkyl halides is 2. The van der Waals surface area contributed by atoms with Crippen LogP contribution in [-0.2, 0) is 10.7 Å². The molecule has 4 heteroatoms. The highest BCUT2D eigenvalue weighted by molar-refractivity contribution is 9.09. The van der Waals surface area contributed by atoms with Crippen molar-refractivity contribution in [3.8, 4) is 0 Å². The molecule has 0 spiro atoms. The van der Waals surface area contributed by atoms with Crippen molar-refractivity contribution in [2.24, 2.45) is 0 Å². The summed E-state index contributed by atoms with van der Waals surface area (Å²) in [4.78, 5) is 12.2. The van der Waals surface area contributed by atoms with Gasteiger partial charge in [-0.15, -0.1) is 0 Å². The Kier molecular flexibility index (Phi) is 4.18. The van der Waals surface area contributed by atoms with Gasteiger partial charge in [0.15, 0.2) is 0 Å². The van der Waals surface area contributed by atoms with E-state index in [0.29, 0.717) is 5.56 Å². The van der Waals surface area contributed by atoms with Crippen molar-refractivity contribution >= 4 is 37.8 Å². The van der Waals surface area contributed by atoms with Gasteiger partial charge in [0.05, 0.1) is 0 Å². The van der Waals surface area contributed by atoms with Crippen LogP contribution in [0.15, 0.2) is 42.7 Å². The fraction of sp³-hybridized carbons (Fsp3) is 0.154. The van der Waals surface area contributed by atoms with Gasteiger partial charge in [-0.05, 0) is 23.3 Å². The van der Waals surface area contributed by atoms with Crippen LogP contribution in [0.1, 0.15) is 21.5 Å². The first-order valence-electron chi connectivity index (χ1n) is 5.17. The van der Waals surface area contributed by atoms with E-state index in [-0.39, 0.29) is 5.91 Å².